The molecule has 1 saturated carbocycles. The number of benzene rings is 1. The van der Waals surface area contributed by atoms with E-state index in [2.05, 4.69) is 26.6 Å². The molecule has 1 aliphatic carbocycles. The number of nitrogens with one attached hydrogen (secondary N) is 2. The number of nitrogens with two attached hydrogens (primary N) is 1. The molecule has 0 aliphatic heterocycles. The standard InChI is InChI=1S/C12H16BrN3O/c13-9-2-1-3-10(11(9)12(14)17)16-7-6-15-8-4-5-8/h1-3,8,15-16H,4-7H2,(H2,14,17). The summed E-state index contributed by atoms with van der Waals surface area (Å²) in [7, 11) is 0. The summed E-state index contributed by atoms with van der Waals surface area (Å²) in [4.78, 5) is 11.3. The maximum Gasteiger partial charge on any atom is 0.251 e. The largest absolute Gasteiger partial charge is 0.383 e. The van der Waals surface area contributed by atoms with Crippen molar-refractivity contribution in [2.24, 2.45) is 5.73 Å². The van der Waals surface area contributed by atoms with Crippen molar-refractivity contribution in [2.75, 3.05) is 18.4 Å². The van der Waals surface area contributed by atoms with E-state index in [4.69, 9.17) is 5.73 Å². The second-order valence-corrected chi connectivity index (χ2v) is 5.04. The summed E-state index contributed by atoms with van der Waals surface area (Å²) in [5.74, 6) is -0.421. The van der Waals surface area contributed by atoms with Gasteiger partial charge in [-0.25, -0.2) is 0 Å². The third kappa shape index (κ3) is 3.44. The van der Waals surface area contributed by atoms with Gasteiger partial charge in [0.2, 0.25) is 0 Å². The van der Waals surface area contributed by atoms with E-state index in [0.717, 1.165) is 23.2 Å². The molecule has 0 heterocycles. The predicted molar refractivity (Wildman–Crippen MR) is 72.2 cm³/mol. The lowest BCUT2D eigenvalue weighted by Crippen LogP contribution is -2.25. The van der Waals surface area contributed by atoms with Crippen LogP contribution in [0.4, 0.5) is 5.69 Å². The molecule has 92 valence electrons. The minimum Gasteiger partial charge on any atom is -0.383 e. The van der Waals surface area contributed by atoms with Gasteiger partial charge in [-0.3, -0.25) is 4.79 Å². The van der Waals surface area contributed by atoms with Gasteiger partial charge >= 0.3 is 0 Å². The number of rotatable bonds is 6. The van der Waals surface area contributed by atoms with Crippen LogP contribution in [-0.2, 0) is 0 Å². The molecule has 17 heavy (non-hydrogen) atoms. The molecule has 1 aromatic carbocycles. The van der Waals surface area contributed by atoms with Gasteiger partial charge in [0.15, 0.2) is 0 Å². The van der Waals surface area contributed by atoms with Crippen LogP contribution >= 0.6 is 15.9 Å². The molecule has 0 saturated heterocycles. The average Bonchev–Trinajstić information content (AvgIpc) is 3.07. The lowest BCUT2D eigenvalue weighted by Gasteiger charge is -2.11. The van der Waals surface area contributed by atoms with Gasteiger partial charge in [0, 0.05) is 29.3 Å². The number of primary amides is 1. The SMILES string of the molecule is NC(=O)c1c(Br)cccc1NCCNC1CC1. The maximum absolute atomic E-state index is 11.3. The minimum atomic E-state index is -0.421. The highest BCUT2D eigenvalue weighted by Crippen LogP contribution is 2.24. The van der Waals surface area contributed by atoms with Crippen LogP contribution in [0.5, 0.6) is 0 Å². The zero-order valence-electron chi connectivity index (χ0n) is 9.50. The molecule has 0 unspecified atom stereocenters. The molecule has 1 fully saturated rings. The molecule has 0 bridgehead atoms. The highest BCUT2D eigenvalue weighted by atomic mass is 79.9. The summed E-state index contributed by atoms with van der Waals surface area (Å²) < 4.78 is 0.727. The van der Waals surface area contributed by atoms with Gasteiger partial charge in [0.25, 0.3) is 5.91 Å². The number of halogens is 1. The number of hydrogen-bond donors (Lipinski definition) is 3. The zero-order chi connectivity index (χ0) is 12.3. The fourth-order valence-electron chi connectivity index (χ4n) is 1.68. The predicted octanol–water partition coefficient (Wildman–Crippen LogP) is 1.71. The third-order valence-electron chi connectivity index (χ3n) is 2.71. The Labute approximate surface area is 109 Å². The summed E-state index contributed by atoms with van der Waals surface area (Å²) >= 11 is 3.33. The molecule has 0 atom stereocenters. The van der Waals surface area contributed by atoms with Gasteiger partial charge in [0.1, 0.15) is 0 Å². The van der Waals surface area contributed by atoms with E-state index >= 15 is 0 Å². The first kappa shape index (κ1) is 12.4. The fraction of sp³-hybridized carbons (Fsp3) is 0.417. The van der Waals surface area contributed by atoms with Crippen molar-refractivity contribution in [2.45, 2.75) is 18.9 Å². The summed E-state index contributed by atoms with van der Waals surface area (Å²) in [5, 5.41) is 6.62. The molecule has 1 amide bonds. The van der Waals surface area contributed by atoms with E-state index in [1.807, 2.05) is 18.2 Å². The first-order valence-corrected chi connectivity index (χ1v) is 6.53. The Bertz CT molecular complexity index is 418. The lowest BCUT2D eigenvalue weighted by molar-refractivity contribution is 0.100. The Morgan fingerprint density at radius 1 is 1.41 bits per heavy atom. The molecule has 5 heteroatoms. The third-order valence-corrected chi connectivity index (χ3v) is 3.37. The minimum absolute atomic E-state index is 0.421. The van der Waals surface area contributed by atoms with Crippen LogP contribution in [0.1, 0.15) is 23.2 Å². The molecule has 0 aromatic heterocycles. The van der Waals surface area contributed by atoms with Crippen LogP contribution in [0.2, 0.25) is 0 Å². The first-order valence-electron chi connectivity index (χ1n) is 5.74. The summed E-state index contributed by atoms with van der Waals surface area (Å²) in [5.41, 5.74) is 6.65. The monoisotopic (exact) mass is 297 g/mol. The zero-order valence-corrected chi connectivity index (χ0v) is 11.1. The Kier molecular flexibility index (Phi) is 4.02. The van der Waals surface area contributed by atoms with E-state index in [-0.39, 0.29) is 0 Å². The molecular weight excluding hydrogens is 282 g/mol. The van der Waals surface area contributed by atoms with Gasteiger partial charge < -0.3 is 16.4 Å². The Hall–Kier alpha value is -1.07. The first-order chi connectivity index (χ1) is 8.18. The van der Waals surface area contributed by atoms with Crippen molar-refractivity contribution >= 4 is 27.5 Å². The fourth-order valence-corrected chi connectivity index (χ4v) is 2.24. The van der Waals surface area contributed by atoms with Crippen molar-refractivity contribution in [3.63, 3.8) is 0 Å². The van der Waals surface area contributed by atoms with Crippen LogP contribution in [0.25, 0.3) is 0 Å². The maximum atomic E-state index is 11.3. The van der Waals surface area contributed by atoms with Crippen LogP contribution in [0, 0.1) is 0 Å². The quantitative estimate of drug-likeness (QED) is 0.700. The molecule has 0 radical (unpaired) electrons. The van der Waals surface area contributed by atoms with E-state index in [0.29, 0.717) is 11.6 Å². The molecule has 1 aromatic rings. The molecule has 4 N–H and O–H groups in total. The summed E-state index contributed by atoms with van der Waals surface area (Å²) in [6, 6.07) is 6.26. The molecule has 0 spiro atoms. The van der Waals surface area contributed by atoms with Crippen molar-refractivity contribution < 1.29 is 4.79 Å². The van der Waals surface area contributed by atoms with Gasteiger partial charge in [0.05, 0.1) is 5.56 Å². The van der Waals surface area contributed by atoms with Gasteiger partial charge in [-0.05, 0) is 40.9 Å². The number of hydrogen-bond acceptors (Lipinski definition) is 3. The lowest BCUT2D eigenvalue weighted by atomic mass is 10.1. The van der Waals surface area contributed by atoms with Crippen molar-refractivity contribution in [3.8, 4) is 0 Å². The normalized spacial score (nSPS) is 14.6. The van der Waals surface area contributed by atoms with E-state index in [9.17, 15) is 4.79 Å². The molecular formula is C12H16BrN3O. The smallest absolute Gasteiger partial charge is 0.251 e. The highest BCUT2D eigenvalue weighted by Gasteiger charge is 2.19. The average molecular weight is 298 g/mol. The van der Waals surface area contributed by atoms with E-state index in [1.54, 1.807) is 0 Å². The Morgan fingerprint density at radius 2 is 2.18 bits per heavy atom. The van der Waals surface area contributed by atoms with Crippen molar-refractivity contribution in [1.82, 2.24) is 5.32 Å². The summed E-state index contributed by atoms with van der Waals surface area (Å²) in [6.45, 7) is 1.68. The van der Waals surface area contributed by atoms with Crippen LogP contribution in [0.3, 0.4) is 0 Å². The van der Waals surface area contributed by atoms with E-state index < -0.39 is 5.91 Å². The van der Waals surface area contributed by atoms with Gasteiger partial charge in [-0.1, -0.05) is 6.07 Å². The van der Waals surface area contributed by atoms with Crippen LogP contribution < -0.4 is 16.4 Å². The molecule has 4 nitrogen and oxygen atoms in total. The topological polar surface area (TPSA) is 67.2 Å². The number of carbonyl (C=O) groups excluding carboxylic acids is 1. The highest BCUT2D eigenvalue weighted by molar-refractivity contribution is 9.10. The van der Waals surface area contributed by atoms with Crippen LogP contribution in [0.15, 0.2) is 22.7 Å². The number of amides is 1. The van der Waals surface area contributed by atoms with E-state index in [1.165, 1.54) is 12.8 Å². The molecule has 1 aliphatic rings. The molecule has 2 rings (SSSR count). The Morgan fingerprint density at radius 3 is 2.82 bits per heavy atom. The van der Waals surface area contributed by atoms with Crippen LogP contribution in [-0.4, -0.2) is 25.0 Å². The second kappa shape index (κ2) is 5.51. The number of anilines is 1. The summed E-state index contributed by atoms with van der Waals surface area (Å²) in [6.07, 6.45) is 2.56. The second-order valence-electron chi connectivity index (χ2n) is 4.18. The number of carbonyl (C=O) groups is 1. The Balaban J connectivity index is 1.93. The van der Waals surface area contributed by atoms with Crippen molar-refractivity contribution in [1.29, 1.82) is 0 Å². The van der Waals surface area contributed by atoms with Gasteiger partial charge in [-0.2, -0.15) is 0 Å². The van der Waals surface area contributed by atoms with Crippen molar-refractivity contribution in [3.05, 3.63) is 28.2 Å². The van der Waals surface area contributed by atoms with Gasteiger partial charge in [-0.15, -0.1) is 0 Å².